The lowest BCUT2D eigenvalue weighted by Gasteiger charge is -2.07. The van der Waals surface area contributed by atoms with Crippen molar-refractivity contribution in [3.8, 4) is 0 Å². The number of unbranched alkanes of at least 4 members (excludes halogenated alkanes) is 3. The van der Waals surface area contributed by atoms with Gasteiger partial charge in [-0.1, -0.05) is 56.6 Å². The van der Waals surface area contributed by atoms with E-state index in [0.29, 0.717) is 0 Å². The highest BCUT2D eigenvalue weighted by Crippen LogP contribution is 2.29. The molecule has 1 aliphatic carbocycles. The first-order chi connectivity index (χ1) is 7.95. The van der Waals surface area contributed by atoms with Gasteiger partial charge in [0.25, 0.3) is 0 Å². The quantitative estimate of drug-likeness (QED) is 0.722. The summed E-state index contributed by atoms with van der Waals surface area (Å²) in [5, 5.41) is 13.9. The number of H-pyrrole nitrogens is 1. The van der Waals surface area contributed by atoms with Crippen molar-refractivity contribution in [2.45, 2.75) is 64.2 Å². The van der Waals surface area contributed by atoms with Crippen molar-refractivity contribution in [1.29, 1.82) is 0 Å². The summed E-state index contributed by atoms with van der Waals surface area (Å²) in [4.78, 5) is 0. The molecule has 16 heavy (non-hydrogen) atoms. The molecule has 0 amide bonds. The first kappa shape index (κ1) is 11.6. The summed E-state index contributed by atoms with van der Waals surface area (Å²) in [5.41, 5.74) is 0. The number of rotatable bonds is 7. The van der Waals surface area contributed by atoms with Crippen molar-refractivity contribution in [1.82, 2.24) is 20.6 Å². The number of aryl methyl sites for hydroxylation is 1. The van der Waals surface area contributed by atoms with Crippen molar-refractivity contribution in [2.75, 3.05) is 0 Å². The summed E-state index contributed by atoms with van der Waals surface area (Å²) in [7, 11) is 0. The van der Waals surface area contributed by atoms with E-state index >= 15 is 0 Å². The first-order valence-corrected chi connectivity index (χ1v) is 6.67. The van der Waals surface area contributed by atoms with E-state index in [9.17, 15) is 0 Å². The smallest absolute Gasteiger partial charge is 0.174 e. The number of hydrogen-bond acceptors (Lipinski definition) is 3. The molecule has 4 heteroatoms. The average Bonchev–Trinajstić information content (AvgIpc) is 2.96. The van der Waals surface area contributed by atoms with Crippen LogP contribution in [0.25, 0.3) is 0 Å². The third kappa shape index (κ3) is 3.91. The van der Waals surface area contributed by atoms with Gasteiger partial charge in [0.05, 0.1) is 0 Å². The second kappa shape index (κ2) is 6.61. The standard InChI is InChI=1S/C12H22N4/c1(3-7-11-8-5-6-9-11)2-4-10-12-13-15-16-14-12/h11H,1-10H2,(H,13,14,15,16). The lowest BCUT2D eigenvalue weighted by Crippen LogP contribution is -1.93. The maximum absolute atomic E-state index is 3.95. The number of hydrogen-bond donors (Lipinski definition) is 1. The number of nitrogens with one attached hydrogen (secondary N) is 1. The molecule has 0 aromatic carbocycles. The predicted molar refractivity (Wildman–Crippen MR) is 62.9 cm³/mol. The van der Waals surface area contributed by atoms with Crippen LogP contribution in [0.3, 0.4) is 0 Å². The summed E-state index contributed by atoms with van der Waals surface area (Å²) in [6, 6.07) is 0. The third-order valence-corrected chi connectivity index (χ3v) is 3.63. The number of aromatic amines is 1. The molecular formula is C12H22N4. The summed E-state index contributed by atoms with van der Waals surface area (Å²) < 4.78 is 0. The van der Waals surface area contributed by atoms with E-state index < -0.39 is 0 Å². The van der Waals surface area contributed by atoms with Crippen LogP contribution in [0.2, 0.25) is 0 Å². The van der Waals surface area contributed by atoms with Crippen LogP contribution in [0.15, 0.2) is 0 Å². The minimum absolute atomic E-state index is 0.857. The number of nitrogens with zero attached hydrogens (tertiary/aromatic N) is 3. The lowest BCUT2D eigenvalue weighted by atomic mass is 9.99. The molecule has 0 aliphatic heterocycles. The fourth-order valence-electron chi connectivity index (χ4n) is 2.66. The zero-order valence-corrected chi connectivity index (χ0v) is 9.99. The minimum Gasteiger partial charge on any atom is -0.177 e. The normalized spacial score (nSPS) is 17.0. The Labute approximate surface area is 97.2 Å². The van der Waals surface area contributed by atoms with Crippen LogP contribution < -0.4 is 0 Å². The van der Waals surface area contributed by atoms with Gasteiger partial charge in [-0.15, -0.1) is 10.2 Å². The molecule has 1 aliphatic rings. The highest BCUT2D eigenvalue weighted by atomic mass is 15.5. The zero-order chi connectivity index (χ0) is 11.1. The maximum atomic E-state index is 3.95. The van der Waals surface area contributed by atoms with Gasteiger partial charge in [-0.3, -0.25) is 0 Å². The molecule has 90 valence electrons. The Morgan fingerprint density at radius 3 is 2.62 bits per heavy atom. The maximum Gasteiger partial charge on any atom is 0.174 e. The Morgan fingerprint density at radius 2 is 1.88 bits per heavy atom. The molecule has 0 unspecified atom stereocenters. The van der Waals surface area contributed by atoms with Gasteiger partial charge in [0.2, 0.25) is 0 Å². The summed E-state index contributed by atoms with van der Waals surface area (Å²) >= 11 is 0. The Bertz CT molecular complexity index is 265. The number of aromatic nitrogens is 4. The molecule has 2 rings (SSSR count). The average molecular weight is 222 g/mol. The van der Waals surface area contributed by atoms with Gasteiger partial charge in [0.15, 0.2) is 5.82 Å². The van der Waals surface area contributed by atoms with Crippen LogP contribution in [-0.2, 0) is 6.42 Å². The van der Waals surface area contributed by atoms with Crippen molar-refractivity contribution >= 4 is 0 Å². The molecule has 0 saturated heterocycles. The van der Waals surface area contributed by atoms with Crippen LogP contribution in [-0.4, -0.2) is 20.6 Å². The molecule has 1 heterocycles. The van der Waals surface area contributed by atoms with Crippen molar-refractivity contribution in [2.24, 2.45) is 5.92 Å². The zero-order valence-electron chi connectivity index (χ0n) is 9.99. The molecule has 0 bridgehead atoms. The van der Waals surface area contributed by atoms with Gasteiger partial charge < -0.3 is 0 Å². The highest BCUT2D eigenvalue weighted by molar-refractivity contribution is 4.75. The van der Waals surface area contributed by atoms with Gasteiger partial charge in [0, 0.05) is 6.42 Å². The Hall–Kier alpha value is -0.930. The van der Waals surface area contributed by atoms with Gasteiger partial charge in [0.1, 0.15) is 0 Å². The van der Waals surface area contributed by atoms with E-state index in [4.69, 9.17) is 0 Å². The van der Waals surface area contributed by atoms with E-state index in [1.807, 2.05) is 0 Å². The minimum atomic E-state index is 0.857. The summed E-state index contributed by atoms with van der Waals surface area (Å²) in [6.07, 6.45) is 13.6. The Kier molecular flexibility index (Phi) is 4.77. The van der Waals surface area contributed by atoms with E-state index in [2.05, 4.69) is 20.6 Å². The summed E-state index contributed by atoms with van der Waals surface area (Å²) in [5.74, 6) is 1.91. The SMILES string of the molecule is C(CCCC1CCCC1)CCc1nn[nH]n1. The highest BCUT2D eigenvalue weighted by Gasteiger charge is 2.13. The molecule has 4 nitrogen and oxygen atoms in total. The Morgan fingerprint density at radius 1 is 1.06 bits per heavy atom. The molecule has 0 atom stereocenters. The molecule has 0 radical (unpaired) electrons. The molecule has 1 N–H and O–H groups in total. The number of tetrazole rings is 1. The Balaban J connectivity index is 1.43. The second-order valence-electron chi connectivity index (χ2n) is 4.93. The fraction of sp³-hybridized carbons (Fsp3) is 0.917. The molecule has 1 saturated carbocycles. The van der Waals surface area contributed by atoms with Gasteiger partial charge in [-0.05, 0) is 12.3 Å². The van der Waals surface area contributed by atoms with Crippen LogP contribution in [0, 0.1) is 5.92 Å². The van der Waals surface area contributed by atoms with Crippen molar-refractivity contribution in [3.63, 3.8) is 0 Å². The first-order valence-electron chi connectivity index (χ1n) is 6.67. The van der Waals surface area contributed by atoms with Gasteiger partial charge in [-0.25, -0.2) is 0 Å². The van der Waals surface area contributed by atoms with E-state index in [1.54, 1.807) is 0 Å². The predicted octanol–water partition coefficient (Wildman–Crippen LogP) is 2.88. The molecular weight excluding hydrogens is 200 g/mol. The van der Waals surface area contributed by atoms with Crippen LogP contribution in [0.5, 0.6) is 0 Å². The lowest BCUT2D eigenvalue weighted by molar-refractivity contribution is 0.464. The second-order valence-corrected chi connectivity index (χ2v) is 4.93. The van der Waals surface area contributed by atoms with Gasteiger partial charge in [-0.2, -0.15) is 5.21 Å². The molecule has 1 fully saturated rings. The monoisotopic (exact) mass is 222 g/mol. The third-order valence-electron chi connectivity index (χ3n) is 3.63. The van der Waals surface area contributed by atoms with Crippen molar-refractivity contribution < 1.29 is 0 Å². The van der Waals surface area contributed by atoms with Gasteiger partial charge >= 0.3 is 0 Å². The largest absolute Gasteiger partial charge is 0.177 e. The topological polar surface area (TPSA) is 54.5 Å². The molecule has 0 spiro atoms. The molecule has 1 aromatic heterocycles. The fourth-order valence-corrected chi connectivity index (χ4v) is 2.66. The van der Waals surface area contributed by atoms with E-state index in [1.165, 1.54) is 57.8 Å². The van der Waals surface area contributed by atoms with Crippen LogP contribution in [0.1, 0.15) is 63.6 Å². The molecule has 1 aromatic rings. The van der Waals surface area contributed by atoms with Crippen LogP contribution >= 0.6 is 0 Å². The van der Waals surface area contributed by atoms with Crippen LogP contribution in [0.4, 0.5) is 0 Å². The summed E-state index contributed by atoms with van der Waals surface area (Å²) in [6.45, 7) is 0. The van der Waals surface area contributed by atoms with E-state index in [0.717, 1.165) is 18.2 Å². The van der Waals surface area contributed by atoms with Crippen molar-refractivity contribution in [3.05, 3.63) is 5.82 Å². The van der Waals surface area contributed by atoms with E-state index in [-0.39, 0.29) is 0 Å².